The molecule has 3 amide bonds. The first kappa shape index (κ1) is 18.0. The number of hydrogen-bond acceptors (Lipinski definition) is 4. The number of ether oxygens (including phenoxy) is 1. The zero-order valence-electron chi connectivity index (χ0n) is 15.3. The number of piperidine rings is 1. The summed E-state index contributed by atoms with van der Waals surface area (Å²) in [5.74, 6) is -0.785. The summed E-state index contributed by atoms with van der Waals surface area (Å²) < 4.78 is 5.71. The Kier molecular flexibility index (Phi) is 5.20. The van der Waals surface area contributed by atoms with Crippen LogP contribution in [0.1, 0.15) is 52.4 Å². The molecule has 0 bridgehead atoms. The fourth-order valence-electron chi connectivity index (χ4n) is 4.13. The Labute approximate surface area is 149 Å². The Hall–Kier alpha value is -1.79. The molecule has 1 spiro atoms. The smallest absolute Gasteiger partial charge is 0.410 e. The van der Waals surface area contributed by atoms with Crippen molar-refractivity contribution in [3.63, 3.8) is 0 Å². The Bertz CT molecular complexity index is 536. The van der Waals surface area contributed by atoms with E-state index in [0.29, 0.717) is 45.6 Å². The summed E-state index contributed by atoms with van der Waals surface area (Å²) in [6, 6.07) is 0.174. The molecule has 0 radical (unpaired) electrons. The molecule has 3 fully saturated rings. The molecule has 7 heteroatoms. The van der Waals surface area contributed by atoms with E-state index >= 15 is 0 Å². The van der Waals surface area contributed by atoms with Crippen LogP contribution in [0.25, 0.3) is 0 Å². The van der Waals surface area contributed by atoms with E-state index in [1.54, 1.807) is 9.80 Å². The molecule has 0 aromatic rings. The first-order valence-electron chi connectivity index (χ1n) is 9.53. The summed E-state index contributed by atoms with van der Waals surface area (Å²) in [7, 11) is 0. The quantitative estimate of drug-likeness (QED) is 0.725. The standard InChI is InChI=1S/C18H29N3O4/c1-3-6-14(2)21-13-18(25-17(21)24)7-11-20(12-8-18)16(23)15(22)19-9-4-5-10-19/h14H,3-13H2,1-2H3/t14-/m0/s1. The van der Waals surface area contributed by atoms with Crippen molar-refractivity contribution in [3.05, 3.63) is 0 Å². The summed E-state index contributed by atoms with van der Waals surface area (Å²) in [4.78, 5) is 42.0. The zero-order chi connectivity index (χ0) is 18.0. The minimum absolute atomic E-state index is 0.174. The highest BCUT2D eigenvalue weighted by Gasteiger charge is 2.49. The highest BCUT2D eigenvalue weighted by atomic mass is 16.6. The fraction of sp³-hybridized carbons (Fsp3) is 0.833. The number of carbonyl (C=O) groups is 3. The van der Waals surface area contributed by atoms with Crippen molar-refractivity contribution in [3.8, 4) is 0 Å². The van der Waals surface area contributed by atoms with Gasteiger partial charge in [-0.05, 0) is 26.2 Å². The topological polar surface area (TPSA) is 70.2 Å². The van der Waals surface area contributed by atoms with Crippen molar-refractivity contribution in [2.75, 3.05) is 32.7 Å². The zero-order valence-corrected chi connectivity index (χ0v) is 15.3. The first-order valence-corrected chi connectivity index (χ1v) is 9.53. The number of rotatable bonds is 3. The van der Waals surface area contributed by atoms with Crippen molar-refractivity contribution in [1.29, 1.82) is 0 Å². The van der Waals surface area contributed by atoms with Gasteiger partial charge >= 0.3 is 17.9 Å². The summed E-state index contributed by atoms with van der Waals surface area (Å²) in [6.07, 6.45) is 4.90. The molecule has 3 heterocycles. The van der Waals surface area contributed by atoms with Crippen LogP contribution in [0.5, 0.6) is 0 Å². The minimum Gasteiger partial charge on any atom is -0.441 e. The van der Waals surface area contributed by atoms with Gasteiger partial charge in [-0.25, -0.2) is 4.79 Å². The molecule has 0 aromatic carbocycles. The van der Waals surface area contributed by atoms with Crippen LogP contribution in [-0.4, -0.2) is 77.0 Å². The summed E-state index contributed by atoms with van der Waals surface area (Å²) in [6.45, 7) is 7.07. The first-order chi connectivity index (χ1) is 12.0. The Morgan fingerprint density at radius 1 is 1.08 bits per heavy atom. The molecule has 0 unspecified atom stereocenters. The van der Waals surface area contributed by atoms with E-state index in [-0.39, 0.29) is 18.0 Å². The molecular formula is C18H29N3O4. The molecule has 25 heavy (non-hydrogen) atoms. The molecule has 140 valence electrons. The van der Waals surface area contributed by atoms with Gasteiger partial charge in [-0.3, -0.25) is 9.59 Å². The summed E-state index contributed by atoms with van der Waals surface area (Å²) in [5, 5.41) is 0. The van der Waals surface area contributed by atoms with Crippen molar-refractivity contribution in [2.45, 2.75) is 64.0 Å². The van der Waals surface area contributed by atoms with Gasteiger partial charge in [0.2, 0.25) is 0 Å². The van der Waals surface area contributed by atoms with Gasteiger partial charge in [-0.1, -0.05) is 13.3 Å². The van der Waals surface area contributed by atoms with Gasteiger partial charge in [0, 0.05) is 45.1 Å². The second-order valence-corrected chi connectivity index (χ2v) is 7.61. The third-order valence-corrected chi connectivity index (χ3v) is 5.77. The van der Waals surface area contributed by atoms with Crippen molar-refractivity contribution < 1.29 is 19.1 Å². The SMILES string of the molecule is CCC[C@H](C)N1CC2(CCN(C(=O)C(=O)N3CCCC3)CC2)OC1=O. The molecule has 3 aliphatic rings. The van der Waals surface area contributed by atoms with E-state index in [2.05, 4.69) is 13.8 Å². The van der Waals surface area contributed by atoms with Gasteiger partial charge in [0.15, 0.2) is 0 Å². The highest BCUT2D eigenvalue weighted by molar-refractivity contribution is 6.34. The second-order valence-electron chi connectivity index (χ2n) is 7.61. The lowest BCUT2D eigenvalue weighted by molar-refractivity contribution is -0.153. The van der Waals surface area contributed by atoms with Crippen LogP contribution in [-0.2, 0) is 14.3 Å². The third-order valence-electron chi connectivity index (χ3n) is 5.77. The van der Waals surface area contributed by atoms with E-state index in [1.165, 1.54) is 0 Å². The van der Waals surface area contributed by atoms with Gasteiger partial charge in [-0.15, -0.1) is 0 Å². The predicted octanol–water partition coefficient (Wildman–Crippen LogP) is 1.61. The number of nitrogens with zero attached hydrogens (tertiary/aromatic N) is 3. The van der Waals surface area contributed by atoms with Crippen molar-refractivity contribution in [2.24, 2.45) is 0 Å². The van der Waals surface area contributed by atoms with Crippen LogP contribution in [0.2, 0.25) is 0 Å². The lowest BCUT2D eigenvalue weighted by atomic mass is 9.91. The molecular weight excluding hydrogens is 322 g/mol. The van der Waals surface area contributed by atoms with Gasteiger partial charge in [-0.2, -0.15) is 0 Å². The van der Waals surface area contributed by atoms with Crippen LogP contribution in [0.15, 0.2) is 0 Å². The van der Waals surface area contributed by atoms with Gasteiger partial charge in [0.05, 0.1) is 6.54 Å². The number of likely N-dealkylation sites (tertiary alicyclic amines) is 2. The van der Waals surface area contributed by atoms with E-state index in [1.807, 2.05) is 4.90 Å². The maximum absolute atomic E-state index is 12.4. The maximum Gasteiger partial charge on any atom is 0.410 e. The average Bonchev–Trinajstić information content (AvgIpc) is 3.23. The van der Waals surface area contributed by atoms with Gasteiger partial charge in [0.25, 0.3) is 0 Å². The Morgan fingerprint density at radius 3 is 2.20 bits per heavy atom. The van der Waals surface area contributed by atoms with Crippen LogP contribution in [0.4, 0.5) is 4.79 Å². The minimum atomic E-state index is -0.493. The van der Waals surface area contributed by atoms with Crippen molar-refractivity contribution in [1.82, 2.24) is 14.7 Å². The maximum atomic E-state index is 12.4. The largest absolute Gasteiger partial charge is 0.441 e. The lowest BCUT2D eigenvalue weighted by Gasteiger charge is -2.37. The van der Waals surface area contributed by atoms with Crippen LogP contribution in [0.3, 0.4) is 0 Å². The molecule has 0 saturated carbocycles. The number of carbonyl (C=O) groups excluding carboxylic acids is 3. The summed E-state index contributed by atoms with van der Waals surface area (Å²) in [5.41, 5.74) is -0.493. The molecule has 3 rings (SSSR count). The Morgan fingerprint density at radius 2 is 1.64 bits per heavy atom. The molecule has 3 saturated heterocycles. The summed E-state index contributed by atoms with van der Waals surface area (Å²) >= 11 is 0. The van der Waals surface area contributed by atoms with Crippen LogP contribution < -0.4 is 0 Å². The molecule has 1 atom stereocenters. The van der Waals surface area contributed by atoms with E-state index in [9.17, 15) is 14.4 Å². The predicted molar refractivity (Wildman–Crippen MR) is 91.9 cm³/mol. The van der Waals surface area contributed by atoms with Crippen LogP contribution >= 0.6 is 0 Å². The molecule has 7 nitrogen and oxygen atoms in total. The Balaban J connectivity index is 1.55. The third kappa shape index (κ3) is 3.60. The monoisotopic (exact) mass is 351 g/mol. The average molecular weight is 351 g/mol. The fourth-order valence-corrected chi connectivity index (χ4v) is 4.13. The van der Waals surface area contributed by atoms with Gasteiger partial charge in [0.1, 0.15) is 5.60 Å². The highest BCUT2D eigenvalue weighted by Crippen LogP contribution is 2.34. The van der Waals surface area contributed by atoms with Crippen LogP contribution in [0, 0.1) is 0 Å². The normalized spacial score (nSPS) is 23.9. The second kappa shape index (κ2) is 7.22. The number of amides is 3. The van der Waals surface area contributed by atoms with E-state index in [4.69, 9.17) is 4.74 Å². The van der Waals surface area contributed by atoms with E-state index < -0.39 is 11.5 Å². The molecule has 0 aromatic heterocycles. The molecule has 0 N–H and O–H groups in total. The van der Waals surface area contributed by atoms with Gasteiger partial charge < -0.3 is 19.4 Å². The molecule has 3 aliphatic heterocycles. The molecule has 0 aliphatic carbocycles. The lowest BCUT2D eigenvalue weighted by Crippen LogP contribution is -2.52. The van der Waals surface area contributed by atoms with E-state index in [0.717, 1.165) is 25.7 Å². The number of hydrogen-bond donors (Lipinski definition) is 0. The van der Waals surface area contributed by atoms with Crippen molar-refractivity contribution >= 4 is 17.9 Å².